The first kappa shape index (κ1) is 13.9. The molecule has 3 aromatic carbocycles. The van der Waals surface area contributed by atoms with Crippen LogP contribution < -0.4 is 4.74 Å². The fraction of sp³-hybridized carbons (Fsp3) is 0.0588. The number of fused-ring (bicyclic) bond motifs is 1. The van der Waals surface area contributed by atoms with Crippen molar-refractivity contribution in [1.29, 1.82) is 0 Å². The molecule has 0 atom stereocenters. The number of phenols is 1. The van der Waals surface area contributed by atoms with Crippen LogP contribution in [-0.2, 0) is 6.61 Å². The van der Waals surface area contributed by atoms with Crippen molar-refractivity contribution in [3.8, 4) is 11.5 Å². The van der Waals surface area contributed by atoms with E-state index in [1.807, 2.05) is 24.3 Å². The third kappa shape index (κ3) is 3.00. The summed E-state index contributed by atoms with van der Waals surface area (Å²) in [5.74, 6) is 0.191. The summed E-state index contributed by atoms with van der Waals surface area (Å²) in [6.45, 7) is 0.243. The van der Waals surface area contributed by atoms with Gasteiger partial charge in [-0.3, -0.25) is 0 Å². The van der Waals surface area contributed by atoms with E-state index in [2.05, 4.69) is 15.9 Å². The van der Waals surface area contributed by atoms with Gasteiger partial charge in [0.2, 0.25) is 0 Å². The molecule has 0 saturated heterocycles. The molecule has 4 heteroatoms. The van der Waals surface area contributed by atoms with E-state index in [0.717, 1.165) is 16.3 Å². The summed E-state index contributed by atoms with van der Waals surface area (Å²) in [4.78, 5) is 0. The minimum absolute atomic E-state index is 0.0898. The quantitative estimate of drug-likeness (QED) is 0.720. The lowest BCUT2D eigenvalue weighted by Crippen LogP contribution is -1.97. The summed E-state index contributed by atoms with van der Waals surface area (Å²) in [7, 11) is 0. The van der Waals surface area contributed by atoms with Crippen LogP contribution in [0.2, 0.25) is 0 Å². The lowest BCUT2D eigenvalue weighted by atomic mass is 10.1. The third-order valence-corrected chi connectivity index (χ3v) is 3.96. The second kappa shape index (κ2) is 5.74. The Labute approximate surface area is 129 Å². The molecule has 0 aliphatic rings. The predicted octanol–water partition coefficient (Wildman–Crippen LogP) is 5.03. The van der Waals surface area contributed by atoms with E-state index in [4.69, 9.17) is 4.74 Å². The fourth-order valence-electron chi connectivity index (χ4n) is 2.12. The zero-order valence-corrected chi connectivity index (χ0v) is 12.6. The highest BCUT2D eigenvalue weighted by Gasteiger charge is 2.07. The molecule has 0 heterocycles. The van der Waals surface area contributed by atoms with Crippen LogP contribution in [0.5, 0.6) is 11.5 Å². The van der Waals surface area contributed by atoms with E-state index >= 15 is 0 Å². The maximum absolute atomic E-state index is 13.0. The van der Waals surface area contributed by atoms with Crippen LogP contribution in [0.3, 0.4) is 0 Å². The number of benzene rings is 3. The van der Waals surface area contributed by atoms with Crippen molar-refractivity contribution in [1.82, 2.24) is 0 Å². The van der Waals surface area contributed by atoms with Crippen molar-refractivity contribution in [2.75, 3.05) is 0 Å². The molecule has 0 bridgehead atoms. The fourth-order valence-corrected chi connectivity index (χ4v) is 2.58. The van der Waals surface area contributed by atoms with Gasteiger partial charge < -0.3 is 9.84 Å². The van der Waals surface area contributed by atoms with Gasteiger partial charge in [0.05, 0.1) is 0 Å². The normalized spacial score (nSPS) is 10.8. The first-order valence-corrected chi connectivity index (χ1v) is 7.21. The van der Waals surface area contributed by atoms with Gasteiger partial charge in [-0.1, -0.05) is 46.3 Å². The predicted molar refractivity (Wildman–Crippen MR) is 84.0 cm³/mol. The Bertz CT molecular complexity index is 802. The van der Waals surface area contributed by atoms with E-state index in [1.165, 1.54) is 12.1 Å². The number of phenolic OH excluding ortho intramolecular Hbond substituents is 1. The van der Waals surface area contributed by atoms with Crippen LogP contribution in [0.1, 0.15) is 5.56 Å². The highest BCUT2D eigenvalue weighted by molar-refractivity contribution is 9.10. The first-order valence-electron chi connectivity index (χ1n) is 6.42. The number of ether oxygens (including phenoxy) is 1. The van der Waals surface area contributed by atoms with E-state index in [-0.39, 0.29) is 18.2 Å². The molecule has 2 nitrogen and oxygen atoms in total. The van der Waals surface area contributed by atoms with Crippen LogP contribution in [0.4, 0.5) is 4.39 Å². The Kier molecular flexibility index (Phi) is 3.80. The highest BCUT2D eigenvalue weighted by atomic mass is 79.9. The molecule has 0 aliphatic heterocycles. The Balaban J connectivity index is 1.86. The van der Waals surface area contributed by atoms with Gasteiger partial charge in [0.1, 0.15) is 12.4 Å². The molecular formula is C17H12BrFO2. The van der Waals surface area contributed by atoms with E-state index in [9.17, 15) is 9.50 Å². The van der Waals surface area contributed by atoms with Crippen LogP contribution in [-0.4, -0.2) is 5.11 Å². The lowest BCUT2D eigenvalue weighted by molar-refractivity contribution is 0.289. The van der Waals surface area contributed by atoms with Gasteiger partial charge in [0.15, 0.2) is 11.5 Å². The number of aromatic hydroxyl groups is 1. The number of rotatable bonds is 3. The number of halogens is 2. The second-order valence-corrected chi connectivity index (χ2v) is 5.55. The monoisotopic (exact) mass is 346 g/mol. The Morgan fingerprint density at radius 1 is 1.00 bits per heavy atom. The summed E-state index contributed by atoms with van der Waals surface area (Å²) in [6.07, 6.45) is 0. The third-order valence-electron chi connectivity index (χ3n) is 3.23. The Hall–Kier alpha value is -2.07. The largest absolute Gasteiger partial charge is 0.504 e. The van der Waals surface area contributed by atoms with Crippen molar-refractivity contribution >= 4 is 26.7 Å². The first-order chi connectivity index (χ1) is 10.1. The maximum atomic E-state index is 13.0. The van der Waals surface area contributed by atoms with Crippen molar-refractivity contribution in [3.63, 3.8) is 0 Å². The van der Waals surface area contributed by atoms with E-state index < -0.39 is 0 Å². The lowest BCUT2D eigenvalue weighted by Gasteiger charge is -2.10. The molecule has 0 unspecified atom stereocenters. The van der Waals surface area contributed by atoms with Gasteiger partial charge in [-0.2, -0.15) is 0 Å². The molecule has 1 N–H and O–H groups in total. The SMILES string of the molecule is Oc1cc2ccccc2cc1OCc1ccc(F)cc1Br. The molecule has 0 saturated carbocycles. The zero-order chi connectivity index (χ0) is 14.8. The van der Waals surface area contributed by atoms with Crippen molar-refractivity contribution in [3.05, 3.63) is 70.5 Å². The van der Waals surface area contributed by atoms with Gasteiger partial charge in [-0.05, 0) is 35.0 Å². The highest BCUT2D eigenvalue weighted by Crippen LogP contribution is 2.32. The molecule has 0 aromatic heterocycles. The Morgan fingerprint density at radius 3 is 2.43 bits per heavy atom. The minimum Gasteiger partial charge on any atom is -0.504 e. The summed E-state index contributed by atoms with van der Waals surface area (Å²) < 4.78 is 19.3. The van der Waals surface area contributed by atoms with Crippen molar-refractivity contribution in [2.24, 2.45) is 0 Å². The molecule has 0 fully saturated rings. The van der Waals surface area contributed by atoms with E-state index in [0.29, 0.717) is 10.2 Å². The maximum Gasteiger partial charge on any atom is 0.162 e. The molecule has 0 amide bonds. The number of hydrogen-bond donors (Lipinski definition) is 1. The van der Waals surface area contributed by atoms with Gasteiger partial charge in [0.25, 0.3) is 0 Å². The van der Waals surface area contributed by atoms with Crippen LogP contribution in [0, 0.1) is 5.82 Å². The standard InChI is InChI=1S/C17H12BrFO2/c18-15-9-14(19)6-5-13(15)10-21-17-8-12-4-2-1-3-11(12)7-16(17)20/h1-9,20H,10H2. The zero-order valence-electron chi connectivity index (χ0n) is 11.0. The van der Waals surface area contributed by atoms with Crippen LogP contribution in [0.15, 0.2) is 59.1 Å². The molecule has 3 aromatic rings. The van der Waals surface area contributed by atoms with E-state index in [1.54, 1.807) is 18.2 Å². The topological polar surface area (TPSA) is 29.5 Å². The van der Waals surface area contributed by atoms with Crippen molar-refractivity contribution in [2.45, 2.75) is 6.61 Å². The molecule has 0 radical (unpaired) electrons. The van der Waals surface area contributed by atoms with Crippen LogP contribution in [0.25, 0.3) is 10.8 Å². The smallest absolute Gasteiger partial charge is 0.162 e. The average Bonchev–Trinajstić information content (AvgIpc) is 2.46. The summed E-state index contributed by atoms with van der Waals surface area (Å²) in [5, 5.41) is 11.9. The summed E-state index contributed by atoms with van der Waals surface area (Å²) >= 11 is 3.30. The molecular weight excluding hydrogens is 335 g/mol. The molecule has 21 heavy (non-hydrogen) atoms. The minimum atomic E-state index is -0.306. The second-order valence-electron chi connectivity index (χ2n) is 4.69. The number of hydrogen-bond acceptors (Lipinski definition) is 2. The molecule has 0 aliphatic carbocycles. The van der Waals surface area contributed by atoms with Gasteiger partial charge >= 0.3 is 0 Å². The Morgan fingerprint density at radius 2 is 1.71 bits per heavy atom. The van der Waals surface area contributed by atoms with Crippen LogP contribution >= 0.6 is 15.9 Å². The molecule has 0 spiro atoms. The van der Waals surface area contributed by atoms with Gasteiger partial charge in [0, 0.05) is 10.0 Å². The molecule has 106 valence electrons. The van der Waals surface area contributed by atoms with Gasteiger partial charge in [-0.25, -0.2) is 4.39 Å². The average molecular weight is 347 g/mol. The summed E-state index contributed by atoms with van der Waals surface area (Å²) in [5.41, 5.74) is 0.809. The summed E-state index contributed by atoms with van der Waals surface area (Å²) in [6, 6.07) is 15.6. The van der Waals surface area contributed by atoms with Gasteiger partial charge in [-0.15, -0.1) is 0 Å². The molecule has 3 rings (SSSR count). The van der Waals surface area contributed by atoms with Crippen molar-refractivity contribution < 1.29 is 14.2 Å².